The molecule has 1 aliphatic rings. The summed E-state index contributed by atoms with van der Waals surface area (Å²) >= 11 is 3.38. The number of carbonyl (C=O) groups is 1. The summed E-state index contributed by atoms with van der Waals surface area (Å²) < 4.78 is 0. The van der Waals surface area contributed by atoms with Crippen molar-refractivity contribution in [2.75, 3.05) is 12.8 Å². The Morgan fingerprint density at radius 2 is 2.26 bits per heavy atom. The summed E-state index contributed by atoms with van der Waals surface area (Å²) in [5.41, 5.74) is 1.44. The van der Waals surface area contributed by atoms with Crippen LogP contribution in [0.25, 0.3) is 10.2 Å². The van der Waals surface area contributed by atoms with Crippen LogP contribution in [0.4, 0.5) is 0 Å². The quantitative estimate of drug-likeness (QED) is 0.662. The second-order valence-corrected chi connectivity index (χ2v) is 8.24. The number of amides is 1. The number of carbonyl (C=O) groups excluding carboxylic acids is 1. The van der Waals surface area contributed by atoms with E-state index in [0.717, 1.165) is 47.3 Å². The number of aryl methyl sites for hydroxylation is 2. The van der Waals surface area contributed by atoms with Gasteiger partial charge in [-0.25, -0.2) is 9.97 Å². The molecule has 0 radical (unpaired) electrons. The van der Waals surface area contributed by atoms with Crippen LogP contribution in [0.5, 0.6) is 0 Å². The molecule has 0 aromatic carbocycles. The number of thioether (sulfide) groups is 1. The molecule has 1 amide bonds. The molecule has 2 heterocycles. The summed E-state index contributed by atoms with van der Waals surface area (Å²) in [4.78, 5) is 23.8. The van der Waals surface area contributed by atoms with E-state index in [0.29, 0.717) is 5.75 Å². The molecule has 1 N–H and O–H groups in total. The molecule has 6 heteroatoms. The summed E-state index contributed by atoms with van der Waals surface area (Å²) in [6, 6.07) is 0. The fraction of sp³-hybridized carbons (Fsp3) is 0.588. The number of hydrogen-bond donors (Lipinski definition) is 1. The van der Waals surface area contributed by atoms with Gasteiger partial charge in [-0.05, 0) is 37.2 Å². The van der Waals surface area contributed by atoms with Crippen LogP contribution >= 0.6 is 23.1 Å². The topological polar surface area (TPSA) is 54.9 Å². The van der Waals surface area contributed by atoms with Crippen molar-refractivity contribution < 1.29 is 4.79 Å². The molecule has 2 aromatic heterocycles. The first-order valence-corrected chi connectivity index (χ1v) is 10.1. The van der Waals surface area contributed by atoms with Crippen LogP contribution in [0, 0.1) is 5.92 Å². The smallest absolute Gasteiger partial charge is 0.230 e. The van der Waals surface area contributed by atoms with Gasteiger partial charge in [0.1, 0.15) is 15.7 Å². The van der Waals surface area contributed by atoms with Crippen molar-refractivity contribution in [1.29, 1.82) is 0 Å². The minimum atomic E-state index is 0.0384. The highest BCUT2D eigenvalue weighted by Gasteiger charge is 2.24. The van der Waals surface area contributed by atoms with E-state index in [4.69, 9.17) is 9.97 Å². The zero-order chi connectivity index (χ0) is 16.4. The minimum Gasteiger partial charge on any atom is -0.358 e. The number of nitrogens with one attached hydrogen (secondary N) is 1. The predicted molar refractivity (Wildman–Crippen MR) is 97.4 cm³/mol. The van der Waals surface area contributed by atoms with Gasteiger partial charge < -0.3 is 5.32 Å². The van der Waals surface area contributed by atoms with Crippen LogP contribution in [-0.4, -0.2) is 28.7 Å². The van der Waals surface area contributed by atoms with Gasteiger partial charge in [0.05, 0.1) is 5.75 Å². The predicted octanol–water partition coefficient (Wildman–Crippen LogP) is 3.61. The lowest BCUT2D eigenvalue weighted by Gasteiger charge is -2.18. The summed E-state index contributed by atoms with van der Waals surface area (Å²) in [6.45, 7) is 4.47. The third-order valence-electron chi connectivity index (χ3n) is 4.26. The van der Waals surface area contributed by atoms with Gasteiger partial charge in [0.25, 0.3) is 0 Å². The van der Waals surface area contributed by atoms with Gasteiger partial charge in [0.2, 0.25) is 5.91 Å². The van der Waals surface area contributed by atoms with Crippen LogP contribution in [0.1, 0.15) is 43.0 Å². The van der Waals surface area contributed by atoms with Gasteiger partial charge in [-0.2, -0.15) is 0 Å². The number of fused-ring (bicyclic) bond motifs is 3. The fourth-order valence-corrected chi connectivity index (χ4v) is 5.41. The first-order chi connectivity index (χ1) is 11.1. The Labute approximate surface area is 145 Å². The van der Waals surface area contributed by atoms with E-state index in [1.807, 2.05) is 11.3 Å². The first kappa shape index (κ1) is 16.7. The van der Waals surface area contributed by atoms with Crippen molar-refractivity contribution in [1.82, 2.24) is 15.3 Å². The highest BCUT2D eigenvalue weighted by atomic mass is 32.2. The van der Waals surface area contributed by atoms with Crippen molar-refractivity contribution in [3.8, 4) is 0 Å². The summed E-state index contributed by atoms with van der Waals surface area (Å²) in [5.74, 6) is 2.11. The van der Waals surface area contributed by atoms with Crippen molar-refractivity contribution in [2.24, 2.45) is 5.92 Å². The van der Waals surface area contributed by atoms with Gasteiger partial charge in [0.15, 0.2) is 0 Å². The Morgan fingerprint density at radius 3 is 3.00 bits per heavy atom. The highest BCUT2D eigenvalue weighted by Crippen LogP contribution is 2.40. The van der Waals surface area contributed by atoms with E-state index in [1.54, 1.807) is 18.8 Å². The molecule has 2 aromatic rings. The first-order valence-electron chi connectivity index (χ1n) is 8.26. The molecular formula is C17H23N3OS2. The highest BCUT2D eigenvalue weighted by molar-refractivity contribution is 8.00. The number of aromatic nitrogens is 2. The van der Waals surface area contributed by atoms with E-state index >= 15 is 0 Å². The van der Waals surface area contributed by atoms with Gasteiger partial charge in [-0.15, -0.1) is 11.3 Å². The molecule has 0 fully saturated rings. The molecule has 3 rings (SSSR count). The fourth-order valence-electron chi connectivity index (χ4n) is 3.00. The Bertz CT molecular complexity index is 726. The second-order valence-electron chi connectivity index (χ2n) is 6.19. The molecule has 23 heavy (non-hydrogen) atoms. The maximum Gasteiger partial charge on any atom is 0.230 e. The molecule has 1 aliphatic carbocycles. The van der Waals surface area contributed by atoms with Gasteiger partial charge in [-0.3, -0.25) is 4.79 Å². The van der Waals surface area contributed by atoms with Gasteiger partial charge in [0, 0.05) is 23.7 Å². The average Bonchev–Trinajstić information content (AvgIpc) is 2.89. The molecule has 4 nitrogen and oxygen atoms in total. The summed E-state index contributed by atoms with van der Waals surface area (Å²) in [7, 11) is 1.68. The van der Waals surface area contributed by atoms with Gasteiger partial charge >= 0.3 is 0 Å². The van der Waals surface area contributed by atoms with Crippen LogP contribution in [0.2, 0.25) is 0 Å². The van der Waals surface area contributed by atoms with Gasteiger partial charge in [-0.1, -0.05) is 25.6 Å². The maximum absolute atomic E-state index is 11.6. The maximum atomic E-state index is 11.6. The van der Waals surface area contributed by atoms with Crippen LogP contribution < -0.4 is 5.32 Å². The van der Waals surface area contributed by atoms with Crippen molar-refractivity contribution >= 4 is 39.2 Å². The van der Waals surface area contributed by atoms with Crippen molar-refractivity contribution in [2.45, 2.75) is 51.0 Å². The van der Waals surface area contributed by atoms with E-state index in [2.05, 4.69) is 19.2 Å². The third-order valence-corrected chi connectivity index (χ3v) is 6.38. The zero-order valence-corrected chi connectivity index (χ0v) is 15.6. The van der Waals surface area contributed by atoms with Crippen molar-refractivity contribution in [3.05, 3.63) is 16.3 Å². The number of nitrogens with zero attached hydrogens (tertiary/aromatic N) is 2. The SMILES string of the molecule is CCCc1nc(SCC(=O)NC)c2c3c(sc2n1)C[C@@H](C)CC3. The Hall–Kier alpha value is -1.14. The summed E-state index contributed by atoms with van der Waals surface area (Å²) in [6.07, 6.45) is 5.42. The van der Waals surface area contributed by atoms with E-state index in [1.165, 1.54) is 22.2 Å². The average molecular weight is 350 g/mol. The van der Waals surface area contributed by atoms with Crippen molar-refractivity contribution in [3.63, 3.8) is 0 Å². The Balaban J connectivity index is 2.04. The molecule has 1 atom stereocenters. The zero-order valence-electron chi connectivity index (χ0n) is 13.9. The molecule has 124 valence electrons. The van der Waals surface area contributed by atoms with E-state index in [9.17, 15) is 4.79 Å². The monoisotopic (exact) mass is 349 g/mol. The normalized spacial score (nSPS) is 17.3. The van der Waals surface area contributed by atoms with E-state index in [-0.39, 0.29) is 5.91 Å². The lowest BCUT2D eigenvalue weighted by Crippen LogP contribution is -2.19. The molecule has 0 aliphatic heterocycles. The Morgan fingerprint density at radius 1 is 1.43 bits per heavy atom. The van der Waals surface area contributed by atoms with Crippen LogP contribution in [0.3, 0.4) is 0 Å². The lowest BCUT2D eigenvalue weighted by atomic mass is 9.89. The number of hydrogen-bond acceptors (Lipinski definition) is 5. The molecule has 0 saturated heterocycles. The standard InChI is InChI=1S/C17H23N3OS2/c1-4-5-13-19-16(22-9-14(21)18-3)15-11-7-6-10(2)8-12(11)23-17(15)20-13/h10H,4-9H2,1-3H3,(H,18,21)/t10-/m0/s1. The Kier molecular flexibility index (Phi) is 5.21. The lowest BCUT2D eigenvalue weighted by molar-refractivity contribution is -0.118. The number of rotatable bonds is 5. The molecule has 0 spiro atoms. The van der Waals surface area contributed by atoms with Crippen LogP contribution in [0.15, 0.2) is 5.03 Å². The molecule has 0 unspecified atom stereocenters. The largest absolute Gasteiger partial charge is 0.358 e. The van der Waals surface area contributed by atoms with E-state index < -0.39 is 0 Å². The molecular weight excluding hydrogens is 326 g/mol. The third kappa shape index (κ3) is 3.53. The molecule has 0 bridgehead atoms. The minimum absolute atomic E-state index is 0.0384. The summed E-state index contributed by atoms with van der Waals surface area (Å²) in [5, 5.41) is 4.89. The van der Waals surface area contributed by atoms with Crippen LogP contribution in [-0.2, 0) is 24.1 Å². The molecule has 0 saturated carbocycles. The second kappa shape index (κ2) is 7.18. The number of thiophene rings is 1.